The molecule has 4 heterocycles. The van der Waals surface area contributed by atoms with Crippen molar-refractivity contribution in [2.24, 2.45) is 0 Å². The van der Waals surface area contributed by atoms with Crippen LogP contribution in [0.25, 0.3) is 11.8 Å². The maximum Gasteiger partial charge on any atom is 0.387 e. The molecule has 35 heavy (non-hydrogen) atoms. The van der Waals surface area contributed by atoms with Crippen molar-refractivity contribution in [2.45, 2.75) is 44.6 Å². The predicted octanol–water partition coefficient (Wildman–Crippen LogP) is 3.84. The first-order valence-corrected chi connectivity index (χ1v) is 11.6. The van der Waals surface area contributed by atoms with Crippen molar-refractivity contribution in [1.82, 2.24) is 30.3 Å². The Morgan fingerprint density at radius 2 is 2.06 bits per heavy atom. The summed E-state index contributed by atoms with van der Waals surface area (Å²) in [5.74, 6) is 0.755. The first kappa shape index (κ1) is 23.4. The molecule has 5 rings (SSSR count). The van der Waals surface area contributed by atoms with Crippen LogP contribution >= 0.6 is 0 Å². The van der Waals surface area contributed by atoms with Crippen LogP contribution in [0.3, 0.4) is 0 Å². The summed E-state index contributed by atoms with van der Waals surface area (Å²) in [6, 6.07) is 10.9. The lowest BCUT2D eigenvalue weighted by molar-refractivity contribution is -0.0511. The quantitative estimate of drug-likeness (QED) is 0.530. The van der Waals surface area contributed by atoms with Crippen molar-refractivity contribution >= 4 is 6.08 Å². The van der Waals surface area contributed by atoms with Gasteiger partial charge in [-0.1, -0.05) is 18.2 Å². The number of pyridine rings is 1. The number of halogens is 2. The standard InChI is InChI=1S/C25H28F2N6O2/c1-16-14-32(15-28-16)20-11-9-17(29-24(20)34-2)10-12-22-30-23-19(7-5-13-33(23)31-22)18-6-3-4-8-21(18)35-25(26)27/h3-4,6,8-12,14-15,19,22-23,25,30-31H,5,7,13H2,1-2H3/t19-,22?,23?/m0/s1. The van der Waals surface area contributed by atoms with Gasteiger partial charge in [0.1, 0.15) is 11.4 Å². The van der Waals surface area contributed by atoms with E-state index < -0.39 is 6.61 Å². The summed E-state index contributed by atoms with van der Waals surface area (Å²) in [5, 5.41) is 5.71. The number of methoxy groups -OCH3 is 1. The molecule has 1 aromatic carbocycles. The molecule has 3 atom stereocenters. The summed E-state index contributed by atoms with van der Waals surface area (Å²) in [6.45, 7) is -0.0611. The van der Waals surface area contributed by atoms with Gasteiger partial charge in [0.2, 0.25) is 5.88 Å². The lowest BCUT2D eigenvalue weighted by Gasteiger charge is -2.36. The van der Waals surface area contributed by atoms with Gasteiger partial charge < -0.3 is 14.0 Å². The van der Waals surface area contributed by atoms with Gasteiger partial charge in [0, 0.05) is 24.2 Å². The van der Waals surface area contributed by atoms with E-state index in [-0.39, 0.29) is 24.0 Å². The molecule has 2 N–H and O–H groups in total. The second-order valence-electron chi connectivity index (χ2n) is 8.62. The molecule has 0 aliphatic carbocycles. The minimum atomic E-state index is -2.85. The van der Waals surface area contributed by atoms with Gasteiger partial charge in [-0.15, -0.1) is 0 Å². The first-order valence-electron chi connectivity index (χ1n) is 11.6. The summed E-state index contributed by atoms with van der Waals surface area (Å²) in [4.78, 5) is 8.88. The van der Waals surface area contributed by atoms with Gasteiger partial charge in [0.05, 0.1) is 37.2 Å². The maximum atomic E-state index is 12.9. The zero-order valence-corrected chi connectivity index (χ0v) is 19.6. The fourth-order valence-electron chi connectivity index (χ4n) is 4.80. The van der Waals surface area contributed by atoms with Crippen molar-refractivity contribution in [1.29, 1.82) is 0 Å². The van der Waals surface area contributed by atoms with Gasteiger partial charge in [-0.05, 0) is 50.1 Å². The van der Waals surface area contributed by atoms with E-state index in [1.807, 2.05) is 54.1 Å². The van der Waals surface area contributed by atoms with Gasteiger partial charge >= 0.3 is 6.61 Å². The number of alkyl halides is 2. The van der Waals surface area contributed by atoms with Crippen molar-refractivity contribution in [3.05, 3.63) is 71.9 Å². The smallest absolute Gasteiger partial charge is 0.387 e. The molecule has 0 saturated carbocycles. The minimum Gasteiger partial charge on any atom is -0.479 e. The first-order chi connectivity index (χ1) is 17.0. The molecule has 10 heteroatoms. The Balaban J connectivity index is 1.31. The second kappa shape index (κ2) is 10.1. The van der Waals surface area contributed by atoms with Crippen LogP contribution in [0.1, 0.15) is 35.7 Å². The molecule has 2 aliphatic heterocycles. The van der Waals surface area contributed by atoms with Gasteiger partial charge in [-0.25, -0.2) is 20.4 Å². The highest BCUT2D eigenvalue weighted by Crippen LogP contribution is 2.38. The molecule has 0 radical (unpaired) electrons. The number of aromatic nitrogens is 3. The van der Waals surface area contributed by atoms with Crippen LogP contribution in [0, 0.1) is 6.92 Å². The van der Waals surface area contributed by atoms with Gasteiger partial charge in [-0.2, -0.15) is 8.78 Å². The third kappa shape index (κ3) is 5.04. The van der Waals surface area contributed by atoms with E-state index in [1.165, 1.54) is 0 Å². The van der Waals surface area contributed by atoms with Crippen molar-refractivity contribution in [3.63, 3.8) is 0 Å². The fourth-order valence-corrected chi connectivity index (χ4v) is 4.80. The van der Waals surface area contributed by atoms with Crippen molar-refractivity contribution in [2.75, 3.05) is 13.7 Å². The van der Waals surface area contributed by atoms with E-state index in [2.05, 4.69) is 25.7 Å². The lowest BCUT2D eigenvalue weighted by atomic mass is 9.87. The highest BCUT2D eigenvalue weighted by atomic mass is 19.3. The van der Waals surface area contributed by atoms with Crippen LogP contribution < -0.4 is 20.2 Å². The van der Waals surface area contributed by atoms with Crippen LogP contribution in [0.5, 0.6) is 11.6 Å². The molecular formula is C25H28F2N6O2. The highest BCUT2D eigenvalue weighted by Gasteiger charge is 2.39. The van der Waals surface area contributed by atoms with Crippen LogP contribution in [0.15, 0.2) is 55.0 Å². The van der Waals surface area contributed by atoms with Crippen LogP contribution in [-0.2, 0) is 0 Å². The predicted molar refractivity (Wildman–Crippen MR) is 127 cm³/mol. The van der Waals surface area contributed by atoms with E-state index in [9.17, 15) is 8.78 Å². The molecular weight excluding hydrogens is 454 g/mol. The number of nitrogens with zero attached hydrogens (tertiary/aromatic N) is 4. The SMILES string of the molecule is COc1nc(C=CC2NC3[C@H](c4ccccc4OC(F)F)CCCN3N2)ccc1-n1cnc(C)c1. The number of hydrazine groups is 1. The number of para-hydroxylation sites is 1. The topological polar surface area (TPSA) is 76.5 Å². The zero-order chi connectivity index (χ0) is 24.4. The molecule has 2 aromatic heterocycles. The molecule has 8 nitrogen and oxygen atoms in total. The van der Waals surface area contributed by atoms with Gasteiger partial charge in [0.25, 0.3) is 0 Å². The van der Waals surface area contributed by atoms with Crippen LogP contribution in [0.4, 0.5) is 8.78 Å². The highest BCUT2D eigenvalue weighted by molar-refractivity contribution is 5.52. The Labute approximate surface area is 202 Å². The third-order valence-corrected chi connectivity index (χ3v) is 6.33. The molecule has 0 bridgehead atoms. The largest absolute Gasteiger partial charge is 0.479 e. The van der Waals surface area contributed by atoms with E-state index in [0.29, 0.717) is 5.88 Å². The monoisotopic (exact) mass is 482 g/mol. The number of benzene rings is 1. The number of hydrogen-bond donors (Lipinski definition) is 2. The number of nitrogens with one attached hydrogen (secondary N) is 2. The molecule has 2 fully saturated rings. The summed E-state index contributed by atoms with van der Waals surface area (Å²) < 4.78 is 38.1. The Hall–Kier alpha value is -3.34. The minimum absolute atomic E-state index is 0.0146. The summed E-state index contributed by atoms with van der Waals surface area (Å²) in [5.41, 5.74) is 6.73. The van der Waals surface area contributed by atoms with Crippen molar-refractivity contribution in [3.8, 4) is 17.3 Å². The Morgan fingerprint density at radius 3 is 2.83 bits per heavy atom. The van der Waals surface area contributed by atoms with Crippen LogP contribution in [0.2, 0.25) is 0 Å². The Morgan fingerprint density at radius 1 is 1.20 bits per heavy atom. The fraction of sp³-hybridized carbons (Fsp3) is 0.360. The molecule has 2 unspecified atom stereocenters. The van der Waals surface area contributed by atoms with E-state index >= 15 is 0 Å². The molecule has 3 aromatic rings. The Kier molecular flexibility index (Phi) is 6.76. The van der Waals surface area contributed by atoms with Gasteiger partial charge in [0.15, 0.2) is 0 Å². The van der Waals surface area contributed by atoms with Crippen molar-refractivity contribution < 1.29 is 18.3 Å². The number of rotatable bonds is 7. The summed E-state index contributed by atoms with van der Waals surface area (Å²) >= 11 is 0. The lowest BCUT2D eigenvalue weighted by Crippen LogP contribution is -2.47. The average Bonchev–Trinajstić information content (AvgIpc) is 3.48. The third-order valence-electron chi connectivity index (χ3n) is 6.33. The molecule has 2 aliphatic rings. The van der Waals surface area contributed by atoms with E-state index in [1.54, 1.807) is 25.6 Å². The normalized spacial score (nSPS) is 22.6. The second-order valence-corrected chi connectivity index (χ2v) is 8.62. The molecule has 0 spiro atoms. The average molecular weight is 483 g/mol. The van der Waals surface area contributed by atoms with E-state index in [4.69, 9.17) is 9.47 Å². The number of piperidine rings is 1. The van der Waals surface area contributed by atoms with Gasteiger partial charge in [-0.3, -0.25) is 5.32 Å². The summed E-state index contributed by atoms with van der Waals surface area (Å²) in [6.07, 6.45) is 9.22. The molecule has 184 valence electrons. The molecule has 0 amide bonds. The summed E-state index contributed by atoms with van der Waals surface area (Å²) in [7, 11) is 1.59. The number of hydrogen-bond acceptors (Lipinski definition) is 7. The number of ether oxygens (including phenoxy) is 2. The van der Waals surface area contributed by atoms with Crippen LogP contribution in [-0.4, -0.2) is 52.1 Å². The number of aryl methyl sites for hydroxylation is 1. The number of fused-ring (bicyclic) bond motifs is 1. The zero-order valence-electron chi connectivity index (χ0n) is 19.6. The number of imidazole rings is 1. The Bertz CT molecular complexity index is 1200. The van der Waals surface area contributed by atoms with E-state index in [0.717, 1.165) is 42.0 Å². The maximum absolute atomic E-state index is 12.9. The molecule has 2 saturated heterocycles.